The molecule has 2 aliphatic rings. The van der Waals surface area contributed by atoms with Crippen molar-refractivity contribution in [1.29, 1.82) is 0 Å². The topological polar surface area (TPSA) is 35.6 Å². The number of halogens is 1. The van der Waals surface area contributed by atoms with Gasteiger partial charge < -0.3 is 9.13 Å². The summed E-state index contributed by atoms with van der Waals surface area (Å²) in [5.74, 6) is 2.30. The van der Waals surface area contributed by atoms with Crippen molar-refractivity contribution in [3.05, 3.63) is 34.6 Å². The molecule has 2 aromatic rings. The van der Waals surface area contributed by atoms with Gasteiger partial charge >= 0.3 is 0 Å². The van der Waals surface area contributed by atoms with Gasteiger partial charge in [0.05, 0.1) is 5.54 Å². The molecular weight excluding hydrogens is 328 g/mol. The van der Waals surface area contributed by atoms with Crippen LogP contribution < -0.4 is 0 Å². The summed E-state index contributed by atoms with van der Waals surface area (Å²) >= 11 is 3.54. The summed E-state index contributed by atoms with van der Waals surface area (Å²) < 4.78 is 5.77. The average molecular weight is 349 g/mol. The zero-order chi connectivity index (χ0) is 14.8. The Bertz CT molecular complexity index is 689. The van der Waals surface area contributed by atoms with Gasteiger partial charge in [-0.15, -0.1) is 10.2 Å². The van der Waals surface area contributed by atoms with Gasteiger partial charge in [-0.25, -0.2) is 0 Å². The SMILES string of the molecule is CC1(c2nnc(C(C)(C)n3ccc(Br)c3)n2C2CC2)CC1. The highest BCUT2D eigenvalue weighted by molar-refractivity contribution is 9.10. The standard InChI is InChI=1S/C16H21BrN4/c1-15(2,20-9-6-11(17)10-20)13-18-19-14(16(3)7-8-16)21(13)12-4-5-12/h6,9-10,12H,4-5,7-8H2,1-3H3. The minimum atomic E-state index is -0.189. The molecule has 0 aromatic carbocycles. The van der Waals surface area contributed by atoms with E-state index in [4.69, 9.17) is 0 Å². The van der Waals surface area contributed by atoms with E-state index in [0.717, 1.165) is 10.3 Å². The summed E-state index contributed by atoms with van der Waals surface area (Å²) in [5, 5.41) is 9.22. The Morgan fingerprint density at radius 1 is 1.29 bits per heavy atom. The van der Waals surface area contributed by atoms with Gasteiger partial charge in [0.25, 0.3) is 0 Å². The van der Waals surface area contributed by atoms with Crippen molar-refractivity contribution in [2.24, 2.45) is 0 Å². The molecule has 2 aliphatic carbocycles. The predicted molar refractivity (Wildman–Crippen MR) is 85.4 cm³/mol. The number of hydrogen-bond donors (Lipinski definition) is 0. The van der Waals surface area contributed by atoms with Crippen LogP contribution in [0, 0.1) is 0 Å². The first-order chi connectivity index (χ1) is 9.92. The zero-order valence-corrected chi connectivity index (χ0v) is 14.4. The van der Waals surface area contributed by atoms with Crippen LogP contribution in [0.2, 0.25) is 0 Å². The fourth-order valence-corrected chi connectivity index (χ4v) is 3.38. The van der Waals surface area contributed by atoms with E-state index in [1.807, 2.05) is 0 Å². The van der Waals surface area contributed by atoms with Crippen molar-refractivity contribution >= 4 is 15.9 Å². The van der Waals surface area contributed by atoms with Gasteiger partial charge in [-0.1, -0.05) is 6.92 Å². The Morgan fingerprint density at radius 3 is 2.52 bits per heavy atom. The Hall–Kier alpha value is -1.10. The molecule has 0 N–H and O–H groups in total. The third-order valence-electron chi connectivity index (χ3n) is 5.00. The summed E-state index contributed by atoms with van der Waals surface area (Å²) in [6.07, 6.45) is 9.23. The van der Waals surface area contributed by atoms with Gasteiger partial charge in [0, 0.05) is 28.3 Å². The van der Waals surface area contributed by atoms with Crippen molar-refractivity contribution < 1.29 is 0 Å². The van der Waals surface area contributed by atoms with Crippen LogP contribution in [0.5, 0.6) is 0 Å². The van der Waals surface area contributed by atoms with Crippen LogP contribution >= 0.6 is 15.9 Å². The van der Waals surface area contributed by atoms with E-state index in [1.165, 1.54) is 31.5 Å². The smallest absolute Gasteiger partial charge is 0.159 e. The maximum Gasteiger partial charge on any atom is 0.159 e. The molecule has 0 aliphatic heterocycles. The molecule has 2 fully saturated rings. The van der Waals surface area contributed by atoms with Crippen LogP contribution in [-0.4, -0.2) is 19.3 Å². The highest BCUT2D eigenvalue weighted by Crippen LogP contribution is 2.50. The van der Waals surface area contributed by atoms with Crippen molar-refractivity contribution in [2.45, 2.75) is 63.5 Å². The lowest BCUT2D eigenvalue weighted by molar-refractivity contribution is 0.385. The van der Waals surface area contributed by atoms with Crippen molar-refractivity contribution in [1.82, 2.24) is 19.3 Å². The van der Waals surface area contributed by atoms with Gasteiger partial charge in [-0.05, 0) is 61.5 Å². The first-order valence-corrected chi connectivity index (χ1v) is 8.51. The van der Waals surface area contributed by atoms with E-state index < -0.39 is 0 Å². The lowest BCUT2D eigenvalue weighted by Crippen LogP contribution is -2.31. The minimum Gasteiger partial charge on any atom is -0.340 e. The van der Waals surface area contributed by atoms with Crippen LogP contribution in [0.1, 0.15) is 64.1 Å². The molecule has 5 heteroatoms. The Labute approximate surface area is 133 Å². The van der Waals surface area contributed by atoms with E-state index in [-0.39, 0.29) is 11.0 Å². The van der Waals surface area contributed by atoms with Gasteiger partial charge in [-0.2, -0.15) is 0 Å². The van der Waals surface area contributed by atoms with E-state index in [0.29, 0.717) is 6.04 Å². The normalized spacial score (nSPS) is 20.8. The summed E-state index contributed by atoms with van der Waals surface area (Å²) in [5.41, 5.74) is 0.0757. The van der Waals surface area contributed by atoms with E-state index >= 15 is 0 Å². The summed E-state index contributed by atoms with van der Waals surface area (Å²) in [7, 11) is 0. The van der Waals surface area contributed by atoms with Crippen LogP contribution in [0.15, 0.2) is 22.9 Å². The fraction of sp³-hybridized carbons (Fsp3) is 0.625. The summed E-state index contributed by atoms with van der Waals surface area (Å²) in [6.45, 7) is 6.77. The van der Waals surface area contributed by atoms with Crippen LogP contribution in [0.4, 0.5) is 0 Å². The number of aromatic nitrogens is 4. The molecule has 0 amide bonds. The highest BCUT2D eigenvalue weighted by atomic mass is 79.9. The van der Waals surface area contributed by atoms with Gasteiger partial charge in [0.1, 0.15) is 5.82 Å². The maximum atomic E-state index is 4.62. The highest BCUT2D eigenvalue weighted by Gasteiger charge is 2.47. The summed E-state index contributed by atoms with van der Waals surface area (Å²) in [4.78, 5) is 0. The molecule has 0 bridgehead atoms. The molecule has 0 unspecified atom stereocenters. The van der Waals surface area contributed by atoms with E-state index in [9.17, 15) is 0 Å². The van der Waals surface area contributed by atoms with Gasteiger partial charge in [-0.3, -0.25) is 0 Å². The lowest BCUT2D eigenvalue weighted by atomic mass is 10.0. The number of rotatable bonds is 4. The average Bonchev–Trinajstić information content (AvgIpc) is 3.32. The predicted octanol–water partition coefficient (Wildman–Crippen LogP) is 4.01. The molecule has 2 saturated carbocycles. The molecule has 112 valence electrons. The van der Waals surface area contributed by atoms with Crippen LogP contribution in [0.3, 0.4) is 0 Å². The molecular formula is C16H21BrN4. The second-order valence-electron chi connectivity index (χ2n) is 7.31. The molecule has 0 radical (unpaired) electrons. The molecule has 0 saturated heterocycles. The third kappa shape index (κ3) is 2.08. The molecule has 4 rings (SSSR count). The first-order valence-electron chi connectivity index (χ1n) is 7.72. The monoisotopic (exact) mass is 348 g/mol. The third-order valence-corrected chi connectivity index (χ3v) is 5.47. The van der Waals surface area contributed by atoms with Crippen LogP contribution in [0.25, 0.3) is 0 Å². The quantitative estimate of drug-likeness (QED) is 0.836. The molecule has 4 nitrogen and oxygen atoms in total. The number of nitrogens with zero attached hydrogens (tertiary/aromatic N) is 4. The minimum absolute atomic E-state index is 0.189. The van der Waals surface area contributed by atoms with E-state index in [1.54, 1.807) is 0 Å². The summed E-state index contributed by atoms with van der Waals surface area (Å²) in [6, 6.07) is 2.68. The maximum absolute atomic E-state index is 4.62. The van der Waals surface area contributed by atoms with E-state index in [2.05, 4.69) is 74.5 Å². The Morgan fingerprint density at radius 2 is 2.00 bits per heavy atom. The van der Waals surface area contributed by atoms with Gasteiger partial charge in [0.15, 0.2) is 5.82 Å². The molecule has 21 heavy (non-hydrogen) atoms. The molecule has 0 spiro atoms. The molecule has 2 aromatic heterocycles. The van der Waals surface area contributed by atoms with Crippen molar-refractivity contribution in [3.8, 4) is 0 Å². The largest absolute Gasteiger partial charge is 0.340 e. The van der Waals surface area contributed by atoms with Crippen LogP contribution in [-0.2, 0) is 11.0 Å². The van der Waals surface area contributed by atoms with Gasteiger partial charge in [0.2, 0.25) is 0 Å². The fourth-order valence-electron chi connectivity index (χ4n) is 3.04. The molecule has 2 heterocycles. The Balaban J connectivity index is 1.83. The molecule has 0 atom stereocenters. The second-order valence-corrected chi connectivity index (χ2v) is 8.22. The Kier molecular flexibility index (Phi) is 2.72. The van der Waals surface area contributed by atoms with Crippen molar-refractivity contribution in [2.75, 3.05) is 0 Å². The first kappa shape index (κ1) is 13.6. The second kappa shape index (κ2) is 4.22. The lowest BCUT2D eigenvalue weighted by Gasteiger charge is -2.27. The zero-order valence-electron chi connectivity index (χ0n) is 12.8. The van der Waals surface area contributed by atoms with Crippen molar-refractivity contribution in [3.63, 3.8) is 0 Å². The number of hydrogen-bond acceptors (Lipinski definition) is 2.